The summed E-state index contributed by atoms with van der Waals surface area (Å²) in [4.78, 5) is 26.2. The van der Waals surface area contributed by atoms with Crippen LogP contribution in [0.4, 0.5) is 0 Å². The Morgan fingerprint density at radius 2 is 1.56 bits per heavy atom. The van der Waals surface area contributed by atoms with Crippen molar-refractivity contribution in [3.05, 3.63) is 124 Å². The van der Waals surface area contributed by atoms with Gasteiger partial charge in [0.05, 0.1) is 12.0 Å². The van der Waals surface area contributed by atoms with E-state index in [0.717, 1.165) is 38.1 Å². The van der Waals surface area contributed by atoms with Gasteiger partial charge < -0.3 is 14.8 Å². The molecule has 0 saturated heterocycles. The third kappa shape index (κ3) is 6.66. The van der Waals surface area contributed by atoms with Gasteiger partial charge in [0.25, 0.3) is 5.91 Å². The minimum absolute atomic E-state index is 0.295. The van der Waals surface area contributed by atoms with Gasteiger partial charge in [-0.15, -0.1) is 11.3 Å². The van der Waals surface area contributed by atoms with Gasteiger partial charge in [-0.3, -0.25) is 4.79 Å². The van der Waals surface area contributed by atoms with Gasteiger partial charge in [0.2, 0.25) is 0 Å². The summed E-state index contributed by atoms with van der Waals surface area (Å²) in [6.45, 7) is 0.470. The number of thiophene rings is 1. The fourth-order valence-electron chi connectivity index (χ4n) is 4.23. The highest BCUT2D eigenvalue weighted by Gasteiger charge is 2.24. The number of methoxy groups -OCH3 is 1. The summed E-state index contributed by atoms with van der Waals surface area (Å²) in [6, 6.07) is 32.1. The molecule has 39 heavy (non-hydrogen) atoms. The second kappa shape index (κ2) is 12.2. The second-order valence-electron chi connectivity index (χ2n) is 9.04. The van der Waals surface area contributed by atoms with E-state index in [2.05, 4.69) is 11.4 Å². The van der Waals surface area contributed by atoms with Gasteiger partial charge in [0.15, 0.2) is 0 Å². The zero-order valence-corrected chi connectivity index (χ0v) is 22.8. The summed E-state index contributed by atoms with van der Waals surface area (Å²) in [5.74, 6) is -0.0918. The van der Waals surface area contributed by atoms with Crippen LogP contribution >= 0.6 is 22.9 Å². The van der Waals surface area contributed by atoms with Crippen molar-refractivity contribution < 1.29 is 19.1 Å². The molecule has 5 aromatic rings. The number of benzene rings is 4. The van der Waals surface area contributed by atoms with E-state index in [1.54, 1.807) is 0 Å². The first kappa shape index (κ1) is 26.5. The van der Waals surface area contributed by atoms with Crippen molar-refractivity contribution in [1.29, 1.82) is 0 Å². The summed E-state index contributed by atoms with van der Waals surface area (Å²) in [5, 5.41) is 4.50. The molecule has 0 aliphatic carbocycles. The van der Waals surface area contributed by atoms with Crippen LogP contribution in [-0.2, 0) is 22.6 Å². The SMILES string of the molecule is COC(=O)C(Cc1ccc(OCc2ccccc2)cc1)NC(=O)c1cc2ccc(-c3ccc(Cl)cc3)cc2s1. The molecular weight excluding hydrogens is 530 g/mol. The van der Waals surface area contributed by atoms with Gasteiger partial charge in [-0.25, -0.2) is 4.79 Å². The molecule has 5 nitrogen and oxygen atoms in total. The van der Waals surface area contributed by atoms with Crippen LogP contribution in [0.5, 0.6) is 5.75 Å². The van der Waals surface area contributed by atoms with E-state index in [4.69, 9.17) is 21.1 Å². The molecule has 0 radical (unpaired) electrons. The van der Waals surface area contributed by atoms with Crippen LogP contribution in [0.2, 0.25) is 5.02 Å². The van der Waals surface area contributed by atoms with Gasteiger partial charge in [-0.2, -0.15) is 0 Å². The Morgan fingerprint density at radius 3 is 2.28 bits per heavy atom. The Labute approximate surface area is 236 Å². The lowest BCUT2D eigenvalue weighted by Gasteiger charge is -2.16. The standard InChI is InChI=1S/C32H26ClNO4S/c1-37-32(36)28(17-21-7-15-27(16-8-21)38-20-22-5-3-2-4-6-22)34-31(35)30-19-25-10-9-24(18-29(25)39-30)23-11-13-26(33)14-12-23/h2-16,18-19,28H,17,20H2,1H3,(H,34,35). The van der Waals surface area contributed by atoms with Crippen molar-refractivity contribution in [2.75, 3.05) is 7.11 Å². The molecule has 0 spiro atoms. The average Bonchev–Trinajstić information content (AvgIpc) is 3.41. The number of fused-ring (bicyclic) bond motifs is 1. The molecule has 0 aliphatic heterocycles. The number of rotatable bonds is 9. The van der Waals surface area contributed by atoms with Gasteiger partial charge in [0, 0.05) is 16.1 Å². The predicted molar refractivity (Wildman–Crippen MR) is 156 cm³/mol. The number of hydrogen-bond donors (Lipinski definition) is 1. The van der Waals surface area contributed by atoms with Crippen molar-refractivity contribution in [1.82, 2.24) is 5.32 Å². The first-order valence-corrected chi connectivity index (χ1v) is 13.6. The number of halogens is 1. The van der Waals surface area contributed by atoms with Crippen molar-refractivity contribution in [2.45, 2.75) is 19.1 Å². The van der Waals surface area contributed by atoms with Gasteiger partial charge in [0.1, 0.15) is 18.4 Å². The molecule has 1 N–H and O–H groups in total. The van der Waals surface area contributed by atoms with Gasteiger partial charge in [-0.1, -0.05) is 78.3 Å². The summed E-state index contributed by atoms with van der Waals surface area (Å²) in [6.07, 6.45) is 0.295. The molecule has 0 saturated carbocycles. The molecule has 0 fully saturated rings. The first-order valence-electron chi connectivity index (χ1n) is 12.4. The second-order valence-corrected chi connectivity index (χ2v) is 10.6. The summed E-state index contributed by atoms with van der Waals surface area (Å²) < 4.78 is 11.8. The van der Waals surface area contributed by atoms with E-state index in [-0.39, 0.29) is 5.91 Å². The molecule has 0 aliphatic rings. The van der Waals surface area contributed by atoms with Crippen molar-refractivity contribution in [3.63, 3.8) is 0 Å². The van der Waals surface area contributed by atoms with E-state index >= 15 is 0 Å². The lowest BCUT2D eigenvalue weighted by Crippen LogP contribution is -2.42. The van der Waals surface area contributed by atoms with Crippen molar-refractivity contribution in [3.8, 4) is 16.9 Å². The summed E-state index contributed by atoms with van der Waals surface area (Å²) in [7, 11) is 1.32. The van der Waals surface area contributed by atoms with E-state index in [1.807, 2.05) is 97.1 Å². The number of hydrogen-bond acceptors (Lipinski definition) is 5. The number of ether oxygens (including phenoxy) is 2. The maximum Gasteiger partial charge on any atom is 0.328 e. The normalized spacial score (nSPS) is 11.6. The van der Waals surface area contributed by atoms with Crippen LogP contribution in [0.25, 0.3) is 21.2 Å². The lowest BCUT2D eigenvalue weighted by atomic mass is 10.0. The maximum atomic E-state index is 13.2. The van der Waals surface area contributed by atoms with Gasteiger partial charge in [-0.05, 0) is 64.0 Å². The van der Waals surface area contributed by atoms with Crippen LogP contribution in [0.15, 0.2) is 103 Å². The molecular formula is C32H26ClNO4S. The fourth-order valence-corrected chi connectivity index (χ4v) is 5.36. The Kier molecular flexibility index (Phi) is 8.25. The molecule has 1 heterocycles. The van der Waals surface area contributed by atoms with Gasteiger partial charge >= 0.3 is 5.97 Å². The monoisotopic (exact) mass is 555 g/mol. The molecule has 1 atom stereocenters. The van der Waals surface area contributed by atoms with E-state index in [1.165, 1.54) is 18.4 Å². The highest BCUT2D eigenvalue weighted by molar-refractivity contribution is 7.20. The summed E-state index contributed by atoms with van der Waals surface area (Å²) >= 11 is 7.40. The number of nitrogens with one attached hydrogen (secondary N) is 1. The molecule has 1 amide bonds. The first-order chi connectivity index (χ1) is 19.0. The number of carbonyl (C=O) groups is 2. The molecule has 1 aromatic heterocycles. The molecule has 0 bridgehead atoms. The molecule has 1 unspecified atom stereocenters. The van der Waals surface area contributed by atoms with Crippen LogP contribution in [-0.4, -0.2) is 25.0 Å². The molecule has 5 rings (SSSR count). The zero-order chi connectivity index (χ0) is 27.2. The van der Waals surface area contributed by atoms with Crippen LogP contribution < -0.4 is 10.1 Å². The van der Waals surface area contributed by atoms with Crippen molar-refractivity contribution in [2.24, 2.45) is 0 Å². The lowest BCUT2D eigenvalue weighted by molar-refractivity contribution is -0.142. The minimum Gasteiger partial charge on any atom is -0.489 e. The highest BCUT2D eigenvalue weighted by atomic mass is 35.5. The molecule has 7 heteroatoms. The highest BCUT2D eigenvalue weighted by Crippen LogP contribution is 2.31. The van der Waals surface area contributed by atoms with E-state index in [9.17, 15) is 9.59 Å². The van der Waals surface area contributed by atoms with E-state index in [0.29, 0.717) is 22.9 Å². The third-order valence-corrected chi connectivity index (χ3v) is 7.67. The Morgan fingerprint density at radius 1 is 0.846 bits per heavy atom. The Balaban J connectivity index is 1.26. The van der Waals surface area contributed by atoms with Crippen LogP contribution in [0.3, 0.4) is 0 Å². The quantitative estimate of drug-likeness (QED) is 0.194. The maximum absolute atomic E-state index is 13.2. The third-order valence-electron chi connectivity index (χ3n) is 6.32. The van der Waals surface area contributed by atoms with E-state index < -0.39 is 12.0 Å². The predicted octanol–water partition coefficient (Wildman–Crippen LogP) is 7.31. The zero-order valence-electron chi connectivity index (χ0n) is 21.2. The number of esters is 1. The fraction of sp³-hybridized carbons (Fsp3) is 0.125. The Bertz CT molecular complexity index is 1580. The van der Waals surface area contributed by atoms with Crippen LogP contribution in [0.1, 0.15) is 20.8 Å². The smallest absolute Gasteiger partial charge is 0.328 e. The summed E-state index contributed by atoms with van der Waals surface area (Å²) in [5.41, 5.74) is 4.04. The Hall–Kier alpha value is -4.13. The van der Waals surface area contributed by atoms with Crippen molar-refractivity contribution >= 4 is 44.9 Å². The number of carbonyl (C=O) groups excluding carboxylic acids is 2. The minimum atomic E-state index is -0.826. The molecule has 4 aromatic carbocycles. The largest absolute Gasteiger partial charge is 0.489 e. The van der Waals surface area contributed by atoms with Crippen LogP contribution in [0, 0.1) is 0 Å². The topological polar surface area (TPSA) is 64.6 Å². The molecule has 196 valence electrons. The number of amides is 1. The average molecular weight is 556 g/mol.